The molecule has 0 spiro atoms. The molecule has 0 aliphatic carbocycles. The quantitative estimate of drug-likeness (QED) is 0.509. The second-order valence-corrected chi connectivity index (χ2v) is 8.94. The third-order valence-electron chi connectivity index (χ3n) is 6.42. The number of rotatable bonds is 6. The van der Waals surface area contributed by atoms with Gasteiger partial charge in [-0.25, -0.2) is 9.97 Å². The van der Waals surface area contributed by atoms with Gasteiger partial charge in [0.1, 0.15) is 24.0 Å². The number of likely N-dealkylation sites (N-methyl/N-ethyl adjacent to an activating group) is 1. The Labute approximate surface area is 209 Å². The fourth-order valence-corrected chi connectivity index (χ4v) is 4.25. The van der Waals surface area contributed by atoms with E-state index in [2.05, 4.69) is 30.1 Å². The Balaban J connectivity index is 1.29. The molecule has 3 N–H and O–H groups in total. The van der Waals surface area contributed by atoms with Gasteiger partial charge in [-0.15, -0.1) is 0 Å². The minimum absolute atomic E-state index is 0.0585. The molecular weight excluding hydrogens is 458 g/mol. The van der Waals surface area contributed by atoms with Crippen LogP contribution in [0.2, 0.25) is 0 Å². The average Bonchev–Trinajstić information content (AvgIpc) is 3.36. The summed E-state index contributed by atoms with van der Waals surface area (Å²) in [6, 6.07) is 13.2. The number of hydrogen-bond donors (Lipinski definition) is 2. The van der Waals surface area contributed by atoms with E-state index >= 15 is 0 Å². The fourth-order valence-electron chi connectivity index (χ4n) is 4.25. The van der Waals surface area contributed by atoms with Crippen molar-refractivity contribution in [2.45, 2.75) is 19.5 Å². The Morgan fingerprint density at radius 3 is 2.81 bits per heavy atom. The summed E-state index contributed by atoms with van der Waals surface area (Å²) in [6.07, 6.45) is 3.14. The molecule has 3 aromatic rings. The topological polar surface area (TPSA) is 118 Å². The van der Waals surface area contributed by atoms with Crippen LogP contribution in [0.15, 0.2) is 53.8 Å². The Morgan fingerprint density at radius 1 is 1.17 bits per heavy atom. The standard InChI is InChI=1S/C26H29N7O3/c1-17-3-6-19(7-4-17)28-13-20-24(27)30-15-31-25(20)33-10-9-32(2)21(14-33)26(34)29-12-18-5-8-22-23(11-18)36-16-35-22/h3-8,11,13,15,21H,9-10,12,14,16H2,1-2H3,(H,29,34)(H2,27,30,31). The smallest absolute Gasteiger partial charge is 0.239 e. The number of hydrogen-bond acceptors (Lipinski definition) is 9. The van der Waals surface area contributed by atoms with Gasteiger partial charge in [0.2, 0.25) is 12.7 Å². The Hall–Kier alpha value is -4.18. The fraction of sp³-hybridized carbons (Fsp3) is 0.308. The van der Waals surface area contributed by atoms with E-state index < -0.39 is 0 Å². The minimum atomic E-state index is -0.356. The molecule has 1 amide bonds. The highest BCUT2D eigenvalue weighted by Gasteiger charge is 2.31. The van der Waals surface area contributed by atoms with Crippen molar-refractivity contribution in [1.29, 1.82) is 0 Å². The van der Waals surface area contributed by atoms with Crippen molar-refractivity contribution in [3.05, 3.63) is 65.5 Å². The molecule has 0 radical (unpaired) electrons. The third kappa shape index (κ3) is 5.08. The zero-order chi connectivity index (χ0) is 25.1. The predicted molar refractivity (Wildman–Crippen MR) is 138 cm³/mol. The molecule has 36 heavy (non-hydrogen) atoms. The molecule has 10 nitrogen and oxygen atoms in total. The molecule has 2 aliphatic heterocycles. The molecule has 10 heteroatoms. The van der Waals surface area contributed by atoms with Crippen LogP contribution < -0.4 is 25.4 Å². The first kappa shape index (κ1) is 23.6. The molecule has 0 saturated carbocycles. The van der Waals surface area contributed by atoms with Crippen LogP contribution in [-0.4, -0.2) is 66.5 Å². The number of anilines is 2. The number of ether oxygens (including phenoxy) is 2. The molecule has 2 aliphatic rings. The molecular formula is C26H29N7O3. The summed E-state index contributed by atoms with van der Waals surface area (Å²) >= 11 is 0. The highest BCUT2D eigenvalue weighted by molar-refractivity contribution is 5.93. The molecule has 1 atom stereocenters. The highest BCUT2D eigenvalue weighted by Crippen LogP contribution is 2.32. The number of nitrogens with two attached hydrogens (primary N) is 1. The van der Waals surface area contributed by atoms with Crippen molar-refractivity contribution >= 4 is 29.4 Å². The Bertz CT molecular complexity index is 1280. The summed E-state index contributed by atoms with van der Waals surface area (Å²) < 4.78 is 10.8. The number of amides is 1. The maximum atomic E-state index is 13.2. The van der Waals surface area contributed by atoms with E-state index in [1.807, 2.05) is 56.4 Å². The number of nitrogen functional groups attached to an aromatic ring is 1. The van der Waals surface area contributed by atoms with Gasteiger partial charge in [0.25, 0.3) is 0 Å². The van der Waals surface area contributed by atoms with Gasteiger partial charge in [-0.1, -0.05) is 23.8 Å². The van der Waals surface area contributed by atoms with E-state index in [1.54, 1.807) is 6.21 Å². The number of carbonyl (C=O) groups is 1. The first-order chi connectivity index (χ1) is 17.5. The van der Waals surface area contributed by atoms with Crippen molar-refractivity contribution in [2.24, 2.45) is 4.99 Å². The number of aryl methyl sites for hydroxylation is 1. The van der Waals surface area contributed by atoms with E-state index in [0.717, 1.165) is 22.6 Å². The van der Waals surface area contributed by atoms with Gasteiger partial charge < -0.3 is 25.4 Å². The molecule has 3 heterocycles. The normalized spacial score (nSPS) is 17.5. The van der Waals surface area contributed by atoms with Crippen molar-refractivity contribution in [1.82, 2.24) is 20.2 Å². The van der Waals surface area contributed by atoms with Crippen molar-refractivity contribution < 1.29 is 14.3 Å². The number of nitrogens with one attached hydrogen (secondary N) is 1. The molecule has 186 valence electrons. The second-order valence-electron chi connectivity index (χ2n) is 8.94. The predicted octanol–water partition coefficient (Wildman–Crippen LogP) is 2.28. The van der Waals surface area contributed by atoms with Gasteiger partial charge in [-0.3, -0.25) is 14.7 Å². The highest BCUT2D eigenvalue weighted by atomic mass is 16.7. The summed E-state index contributed by atoms with van der Waals surface area (Å²) in [5.41, 5.74) is 9.78. The summed E-state index contributed by atoms with van der Waals surface area (Å²) in [6.45, 7) is 4.51. The number of aliphatic imine (C=N–C) groups is 1. The van der Waals surface area contributed by atoms with Gasteiger partial charge in [-0.05, 0) is 43.8 Å². The van der Waals surface area contributed by atoms with Gasteiger partial charge >= 0.3 is 0 Å². The second kappa shape index (κ2) is 10.2. The maximum absolute atomic E-state index is 13.2. The summed E-state index contributed by atoms with van der Waals surface area (Å²) in [4.78, 5) is 30.5. The number of nitrogens with zero attached hydrogens (tertiary/aromatic N) is 5. The lowest BCUT2D eigenvalue weighted by atomic mass is 10.1. The minimum Gasteiger partial charge on any atom is -0.454 e. The van der Waals surface area contributed by atoms with Crippen LogP contribution in [0.1, 0.15) is 16.7 Å². The van der Waals surface area contributed by atoms with Crippen LogP contribution in [0.3, 0.4) is 0 Å². The lowest BCUT2D eigenvalue weighted by Crippen LogP contribution is -2.58. The molecule has 2 aromatic carbocycles. The maximum Gasteiger partial charge on any atom is 0.239 e. The molecule has 1 saturated heterocycles. The molecule has 1 unspecified atom stereocenters. The lowest BCUT2D eigenvalue weighted by Gasteiger charge is -2.39. The van der Waals surface area contributed by atoms with E-state index in [0.29, 0.717) is 49.1 Å². The summed E-state index contributed by atoms with van der Waals surface area (Å²) in [5.74, 6) is 2.37. The van der Waals surface area contributed by atoms with Crippen LogP contribution in [0.4, 0.5) is 17.3 Å². The first-order valence-corrected chi connectivity index (χ1v) is 11.8. The van der Waals surface area contributed by atoms with E-state index in [1.165, 1.54) is 6.33 Å². The van der Waals surface area contributed by atoms with E-state index in [9.17, 15) is 4.79 Å². The zero-order valence-corrected chi connectivity index (χ0v) is 20.3. The molecule has 5 rings (SSSR count). The van der Waals surface area contributed by atoms with Crippen molar-refractivity contribution in [3.63, 3.8) is 0 Å². The van der Waals surface area contributed by atoms with Crippen molar-refractivity contribution in [3.8, 4) is 11.5 Å². The number of carbonyl (C=O) groups excluding carboxylic acids is 1. The SMILES string of the molecule is Cc1ccc(N=Cc2c(N)ncnc2N2CCN(C)C(C(=O)NCc3ccc4c(c3)OCO4)C2)cc1. The Morgan fingerprint density at radius 2 is 1.97 bits per heavy atom. The van der Waals surface area contributed by atoms with Crippen LogP contribution in [0.5, 0.6) is 11.5 Å². The Kier molecular flexibility index (Phi) is 6.68. The number of aromatic nitrogens is 2. The first-order valence-electron chi connectivity index (χ1n) is 11.8. The van der Waals surface area contributed by atoms with Gasteiger partial charge in [-0.2, -0.15) is 0 Å². The van der Waals surface area contributed by atoms with Gasteiger partial charge in [0.15, 0.2) is 11.5 Å². The van der Waals surface area contributed by atoms with Crippen LogP contribution in [0.25, 0.3) is 0 Å². The van der Waals surface area contributed by atoms with E-state index in [-0.39, 0.29) is 18.7 Å². The summed E-state index contributed by atoms with van der Waals surface area (Å²) in [7, 11) is 1.95. The monoisotopic (exact) mass is 487 g/mol. The largest absolute Gasteiger partial charge is 0.454 e. The molecule has 1 aromatic heterocycles. The number of fused-ring (bicyclic) bond motifs is 1. The van der Waals surface area contributed by atoms with Crippen LogP contribution in [-0.2, 0) is 11.3 Å². The van der Waals surface area contributed by atoms with Crippen LogP contribution in [0, 0.1) is 6.92 Å². The third-order valence-corrected chi connectivity index (χ3v) is 6.42. The zero-order valence-electron chi connectivity index (χ0n) is 20.3. The van der Waals surface area contributed by atoms with E-state index in [4.69, 9.17) is 15.2 Å². The number of piperazine rings is 1. The van der Waals surface area contributed by atoms with Gasteiger partial charge in [0.05, 0.1) is 11.3 Å². The molecule has 1 fully saturated rings. The van der Waals surface area contributed by atoms with Crippen LogP contribution >= 0.6 is 0 Å². The lowest BCUT2D eigenvalue weighted by molar-refractivity contribution is -0.126. The van der Waals surface area contributed by atoms with Gasteiger partial charge in [0, 0.05) is 32.4 Å². The molecule has 0 bridgehead atoms. The summed E-state index contributed by atoms with van der Waals surface area (Å²) in [5, 5.41) is 3.05. The van der Waals surface area contributed by atoms with Crippen molar-refractivity contribution in [2.75, 3.05) is 44.1 Å². The number of benzene rings is 2. The average molecular weight is 488 g/mol.